The van der Waals surface area contributed by atoms with Crippen LogP contribution in [0.25, 0.3) is 0 Å². The zero-order chi connectivity index (χ0) is 18.5. The van der Waals surface area contributed by atoms with Crippen LogP contribution in [-0.2, 0) is 22.4 Å². The largest absolute Gasteiger partial charge is 0.452 e. The number of halogens is 1. The maximum absolute atomic E-state index is 12.2. The first-order valence-electron chi connectivity index (χ1n) is 8.87. The Balaban J connectivity index is 1.54. The summed E-state index contributed by atoms with van der Waals surface area (Å²) in [5, 5.41) is 3.38. The van der Waals surface area contributed by atoms with Gasteiger partial charge in [0.25, 0.3) is 5.91 Å². The number of hydrogen-bond acceptors (Lipinski definition) is 3. The lowest BCUT2D eigenvalue weighted by molar-refractivity contribution is -0.124. The number of amides is 1. The van der Waals surface area contributed by atoms with Gasteiger partial charge in [-0.2, -0.15) is 0 Å². The van der Waals surface area contributed by atoms with Gasteiger partial charge in [0.05, 0.1) is 11.6 Å². The Morgan fingerprint density at radius 2 is 1.85 bits per heavy atom. The lowest BCUT2D eigenvalue weighted by atomic mass is 9.90. The molecule has 0 saturated carbocycles. The molecule has 1 atom stereocenters. The van der Waals surface area contributed by atoms with Crippen LogP contribution >= 0.6 is 11.6 Å². The summed E-state index contributed by atoms with van der Waals surface area (Å²) in [6, 6.07) is 12.7. The Bertz CT molecular complexity index is 819. The van der Waals surface area contributed by atoms with Gasteiger partial charge >= 0.3 is 5.97 Å². The number of benzene rings is 2. The van der Waals surface area contributed by atoms with Crippen LogP contribution in [0.15, 0.2) is 42.5 Å². The summed E-state index contributed by atoms with van der Waals surface area (Å²) in [5.41, 5.74) is 3.84. The third-order valence-corrected chi connectivity index (χ3v) is 5.01. The van der Waals surface area contributed by atoms with Crippen molar-refractivity contribution in [3.05, 3.63) is 69.7 Å². The first kappa shape index (κ1) is 18.5. The average molecular weight is 372 g/mol. The van der Waals surface area contributed by atoms with E-state index in [1.165, 1.54) is 17.5 Å². The maximum atomic E-state index is 12.2. The third kappa shape index (κ3) is 4.44. The number of carbonyl (C=O) groups excluding carboxylic acids is 2. The summed E-state index contributed by atoms with van der Waals surface area (Å²) < 4.78 is 5.16. The maximum Gasteiger partial charge on any atom is 0.338 e. The second-order valence-corrected chi connectivity index (χ2v) is 6.98. The minimum absolute atomic E-state index is 0.265. The van der Waals surface area contributed by atoms with E-state index in [2.05, 4.69) is 5.32 Å². The number of hydrogen-bond donors (Lipinski definition) is 1. The SMILES string of the molecule is C[C@@H](NC(=O)COC(=O)c1ccc2c(c1)CCCC2)c1ccccc1Cl. The molecule has 0 spiro atoms. The Hall–Kier alpha value is -2.33. The van der Waals surface area contributed by atoms with Crippen LogP contribution in [0.4, 0.5) is 0 Å². The van der Waals surface area contributed by atoms with Crippen molar-refractivity contribution in [1.82, 2.24) is 5.32 Å². The van der Waals surface area contributed by atoms with Crippen LogP contribution in [0.5, 0.6) is 0 Å². The van der Waals surface area contributed by atoms with E-state index in [0.717, 1.165) is 24.8 Å². The number of nitrogens with one attached hydrogen (secondary N) is 1. The van der Waals surface area contributed by atoms with Gasteiger partial charge in [-0.1, -0.05) is 35.9 Å². The summed E-state index contributed by atoms with van der Waals surface area (Å²) in [6.07, 6.45) is 4.40. The third-order valence-electron chi connectivity index (χ3n) is 4.67. The van der Waals surface area contributed by atoms with Crippen LogP contribution in [0.3, 0.4) is 0 Å². The Labute approximate surface area is 158 Å². The number of esters is 1. The minimum Gasteiger partial charge on any atom is -0.452 e. The van der Waals surface area contributed by atoms with Crippen molar-refractivity contribution in [2.45, 2.75) is 38.6 Å². The van der Waals surface area contributed by atoms with E-state index < -0.39 is 5.97 Å². The molecule has 0 heterocycles. The fourth-order valence-corrected chi connectivity index (χ4v) is 3.56. The molecule has 26 heavy (non-hydrogen) atoms. The highest BCUT2D eigenvalue weighted by Gasteiger charge is 2.16. The fraction of sp³-hybridized carbons (Fsp3) is 0.333. The summed E-state index contributed by atoms with van der Waals surface area (Å²) in [6.45, 7) is 1.52. The summed E-state index contributed by atoms with van der Waals surface area (Å²) in [7, 11) is 0. The van der Waals surface area contributed by atoms with Crippen molar-refractivity contribution in [1.29, 1.82) is 0 Å². The highest BCUT2D eigenvalue weighted by molar-refractivity contribution is 6.31. The summed E-state index contributed by atoms with van der Waals surface area (Å²) in [5.74, 6) is -0.831. The van der Waals surface area contributed by atoms with Crippen molar-refractivity contribution < 1.29 is 14.3 Å². The first-order valence-corrected chi connectivity index (χ1v) is 9.25. The van der Waals surface area contributed by atoms with Crippen LogP contribution in [0.1, 0.15) is 52.9 Å². The number of ether oxygens (including phenoxy) is 1. The van der Waals surface area contributed by atoms with E-state index in [9.17, 15) is 9.59 Å². The van der Waals surface area contributed by atoms with Crippen LogP contribution < -0.4 is 5.32 Å². The van der Waals surface area contributed by atoms with Gasteiger partial charge in [0.2, 0.25) is 0 Å². The number of carbonyl (C=O) groups is 2. The van der Waals surface area contributed by atoms with Gasteiger partial charge in [0, 0.05) is 5.02 Å². The van der Waals surface area contributed by atoms with Crippen molar-refractivity contribution in [2.24, 2.45) is 0 Å². The molecule has 0 saturated heterocycles. The second kappa shape index (κ2) is 8.37. The van der Waals surface area contributed by atoms with Gasteiger partial charge in [-0.3, -0.25) is 4.79 Å². The molecule has 5 heteroatoms. The Kier molecular flexibility index (Phi) is 5.94. The molecule has 1 aliphatic rings. The molecule has 1 N–H and O–H groups in total. The zero-order valence-corrected chi connectivity index (χ0v) is 15.5. The fourth-order valence-electron chi connectivity index (χ4n) is 3.26. The van der Waals surface area contributed by atoms with Crippen LogP contribution in [-0.4, -0.2) is 18.5 Å². The molecule has 0 radical (unpaired) electrons. The standard InChI is InChI=1S/C21H22ClNO3/c1-14(18-8-4-5-9-19(18)22)23-20(24)13-26-21(25)17-11-10-15-6-2-3-7-16(15)12-17/h4-5,8-12,14H,2-3,6-7,13H2,1H3,(H,23,24)/t14-/m1/s1. The highest BCUT2D eigenvalue weighted by atomic mass is 35.5. The van der Waals surface area contributed by atoms with Gasteiger partial charge in [0.15, 0.2) is 6.61 Å². The molecule has 3 rings (SSSR count). The molecule has 2 aromatic carbocycles. The van der Waals surface area contributed by atoms with E-state index in [-0.39, 0.29) is 18.6 Å². The van der Waals surface area contributed by atoms with Crippen molar-refractivity contribution in [2.75, 3.05) is 6.61 Å². The molecule has 2 aromatic rings. The number of aryl methyl sites for hydroxylation is 2. The Morgan fingerprint density at radius 1 is 1.12 bits per heavy atom. The normalized spacial score (nSPS) is 14.2. The van der Waals surface area contributed by atoms with Crippen LogP contribution in [0.2, 0.25) is 5.02 Å². The highest BCUT2D eigenvalue weighted by Crippen LogP contribution is 2.23. The number of fused-ring (bicyclic) bond motifs is 1. The molecule has 136 valence electrons. The number of rotatable bonds is 5. The first-order chi connectivity index (χ1) is 12.5. The van der Waals surface area contributed by atoms with Gasteiger partial charge in [-0.15, -0.1) is 0 Å². The molecule has 1 amide bonds. The van der Waals surface area contributed by atoms with Crippen molar-refractivity contribution in [3.8, 4) is 0 Å². The van der Waals surface area contributed by atoms with Gasteiger partial charge in [0.1, 0.15) is 0 Å². The molecule has 1 aliphatic carbocycles. The molecule has 0 fully saturated rings. The Morgan fingerprint density at radius 3 is 2.62 bits per heavy atom. The van der Waals surface area contributed by atoms with E-state index in [0.29, 0.717) is 10.6 Å². The quantitative estimate of drug-likeness (QED) is 0.799. The van der Waals surface area contributed by atoms with Gasteiger partial charge in [-0.25, -0.2) is 4.79 Å². The molecular formula is C21H22ClNO3. The monoisotopic (exact) mass is 371 g/mol. The lowest BCUT2D eigenvalue weighted by Crippen LogP contribution is -2.31. The average Bonchev–Trinajstić information content (AvgIpc) is 2.66. The van der Waals surface area contributed by atoms with E-state index in [4.69, 9.17) is 16.3 Å². The second-order valence-electron chi connectivity index (χ2n) is 6.58. The van der Waals surface area contributed by atoms with Crippen LogP contribution in [0, 0.1) is 0 Å². The predicted molar refractivity (Wildman–Crippen MR) is 101 cm³/mol. The molecule has 0 bridgehead atoms. The smallest absolute Gasteiger partial charge is 0.338 e. The van der Waals surface area contributed by atoms with Crippen molar-refractivity contribution >= 4 is 23.5 Å². The van der Waals surface area contributed by atoms with E-state index in [1.54, 1.807) is 12.1 Å². The summed E-state index contributed by atoms with van der Waals surface area (Å²) >= 11 is 6.13. The van der Waals surface area contributed by atoms with E-state index >= 15 is 0 Å². The predicted octanol–water partition coefficient (Wildman–Crippen LogP) is 4.25. The lowest BCUT2D eigenvalue weighted by Gasteiger charge is -2.17. The molecule has 0 unspecified atom stereocenters. The van der Waals surface area contributed by atoms with Crippen molar-refractivity contribution in [3.63, 3.8) is 0 Å². The molecule has 4 nitrogen and oxygen atoms in total. The molecular weight excluding hydrogens is 350 g/mol. The van der Waals surface area contributed by atoms with Gasteiger partial charge in [-0.05, 0) is 67.5 Å². The molecule has 0 aliphatic heterocycles. The summed E-state index contributed by atoms with van der Waals surface area (Å²) in [4.78, 5) is 24.3. The topological polar surface area (TPSA) is 55.4 Å². The van der Waals surface area contributed by atoms with E-state index in [1.807, 2.05) is 37.3 Å². The molecule has 0 aromatic heterocycles. The zero-order valence-electron chi connectivity index (χ0n) is 14.8. The minimum atomic E-state index is -0.473. The van der Waals surface area contributed by atoms with Gasteiger partial charge < -0.3 is 10.1 Å².